The molecule has 156 valence electrons. The van der Waals surface area contributed by atoms with Crippen LogP contribution in [0.3, 0.4) is 0 Å². The summed E-state index contributed by atoms with van der Waals surface area (Å²) in [5, 5.41) is 15.6. The van der Waals surface area contributed by atoms with Crippen LogP contribution >= 0.6 is 0 Å². The van der Waals surface area contributed by atoms with Gasteiger partial charge in [0.05, 0.1) is 29.0 Å². The summed E-state index contributed by atoms with van der Waals surface area (Å²) in [6, 6.07) is 11.7. The second kappa shape index (κ2) is 7.52. The lowest BCUT2D eigenvalue weighted by atomic mass is 10.1. The van der Waals surface area contributed by atoms with Crippen molar-refractivity contribution >= 4 is 11.7 Å². The standard InChI is InChI=1S/C22H18N4O5/c1-13-5-4-6-15(9-13)25-21(27)17-11-24(12-18(20(17)23-25)22(28)31-3)19-10-16(26(29)30)8-7-14(19)2/h4-12H,1-3H3. The number of nitro benzene ring substituents is 1. The van der Waals surface area contributed by atoms with Gasteiger partial charge in [0.15, 0.2) is 0 Å². The first-order valence-electron chi connectivity index (χ1n) is 9.36. The van der Waals surface area contributed by atoms with E-state index in [-0.39, 0.29) is 22.5 Å². The molecule has 0 fully saturated rings. The lowest BCUT2D eigenvalue weighted by Crippen LogP contribution is -2.15. The zero-order chi connectivity index (χ0) is 22.3. The number of aryl methyl sites for hydroxylation is 2. The second-order valence-corrected chi connectivity index (χ2v) is 7.12. The Bertz CT molecular complexity index is 1370. The minimum atomic E-state index is -0.670. The zero-order valence-electron chi connectivity index (χ0n) is 17.0. The first-order valence-corrected chi connectivity index (χ1v) is 9.36. The van der Waals surface area contributed by atoms with Gasteiger partial charge in [-0.2, -0.15) is 9.78 Å². The van der Waals surface area contributed by atoms with Crippen LogP contribution in [0.5, 0.6) is 0 Å². The van der Waals surface area contributed by atoms with Crippen molar-refractivity contribution in [2.45, 2.75) is 13.8 Å². The molecule has 2 aliphatic rings. The van der Waals surface area contributed by atoms with Gasteiger partial charge < -0.3 is 9.30 Å². The average Bonchev–Trinajstić information content (AvgIpc) is 3.09. The highest BCUT2D eigenvalue weighted by molar-refractivity contribution is 5.96. The molecule has 0 bridgehead atoms. The molecule has 0 spiro atoms. The Hall–Kier alpha value is -4.27. The first kappa shape index (κ1) is 20.0. The number of pyridine rings is 1. The molecule has 0 N–H and O–H groups in total. The molecule has 9 heteroatoms. The number of nitro groups is 1. The van der Waals surface area contributed by atoms with Gasteiger partial charge in [-0.3, -0.25) is 14.9 Å². The van der Waals surface area contributed by atoms with Crippen molar-refractivity contribution in [2.24, 2.45) is 0 Å². The van der Waals surface area contributed by atoms with Gasteiger partial charge in [-0.15, -0.1) is 0 Å². The number of methoxy groups -OCH3 is 1. The van der Waals surface area contributed by atoms with Gasteiger partial charge in [0.25, 0.3) is 11.2 Å². The van der Waals surface area contributed by atoms with E-state index in [2.05, 4.69) is 5.10 Å². The SMILES string of the molecule is COC(=O)c1cn(-c2cc([N+](=O)[O-])ccc2C)cc2c(=O)n(-c3cccc(C)c3)nc1-2. The van der Waals surface area contributed by atoms with Crippen molar-refractivity contribution in [2.75, 3.05) is 7.11 Å². The van der Waals surface area contributed by atoms with E-state index < -0.39 is 16.5 Å². The number of nitrogens with zero attached hydrogens (tertiary/aromatic N) is 4. The minimum absolute atomic E-state index is 0.0782. The molecule has 31 heavy (non-hydrogen) atoms. The highest BCUT2D eigenvalue weighted by atomic mass is 16.6. The van der Waals surface area contributed by atoms with Crippen LogP contribution in [0, 0.1) is 24.0 Å². The van der Waals surface area contributed by atoms with Crippen LogP contribution in [0.2, 0.25) is 0 Å². The topological polar surface area (TPSA) is 109 Å². The molecule has 4 rings (SSSR count). The highest BCUT2D eigenvalue weighted by Gasteiger charge is 2.26. The van der Waals surface area contributed by atoms with Crippen LogP contribution in [0.1, 0.15) is 21.5 Å². The quantitative estimate of drug-likeness (QED) is 0.285. The van der Waals surface area contributed by atoms with Crippen LogP contribution in [0.4, 0.5) is 5.69 Å². The van der Waals surface area contributed by atoms with Gasteiger partial charge in [-0.25, -0.2) is 4.79 Å². The fourth-order valence-electron chi connectivity index (χ4n) is 3.43. The number of hydrogen-bond acceptors (Lipinski definition) is 6. The van der Waals surface area contributed by atoms with Crippen molar-refractivity contribution < 1.29 is 14.5 Å². The summed E-state index contributed by atoms with van der Waals surface area (Å²) in [5.74, 6) is -0.670. The van der Waals surface area contributed by atoms with Crippen LogP contribution < -0.4 is 5.56 Å². The summed E-state index contributed by atoms with van der Waals surface area (Å²) in [7, 11) is 1.24. The summed E-state index contributed by atoms with van der Waals surface area (Å²) in [6.45, 7) is 3.68. The summed E-state index contributed by atoms with van der Waals surface area (Å²) in [5.41, 5.74) is 2.64. The molecule has 0 saturated carbocycles. The molecule has 2 aromatic carbocycles. The Kier molecular flexibility index (Phi) is 4.86. The molecule has 0 atom stereocenters. The molecular weight excluding hydrogens is 400 g/mol. The summed E-state index contributed by atoms with van der Waals surface area (Å²) in [6.07, 6.45) is 2.99. The average molecular weight is 418 g/mol. The van der Waals surface area contributed by atoms with Gasteiger partial charge in [0, 0.05) is 24.5 Å². The van der Waals surface area contributed by atoms with Crippen LogP contribution in [-0.4, -0.2) is 32.3 Å². The predicted molar refractivity (Wildman–Crippen MR) is 113 cm³/mol. The zero-order valence-corrected chi connectivity index (χ0v) is 17.0. The Balaban J connectivity index is 2.02. The van der Waals surface area contributed by atoms with Gasteiger partial charge >= 0.3 is 5.97 Å². The lowest BCUT2D eigenvalue weighted by molar-refractivity contribution is -0.384. The normalized spacial score (nSPS) is 10.9. The van der Waals surface area contributed by atoms with Gasteiger partial charge in [0.1, 0.15) is 11.3 Å². The van der Waals surface area contributed by atoms with Crippen molar-refractivity contribution in [3.05, 3.63) is 92.0 Å². The third-order valence-electron chi connectivity index (χ3n) is 5.00. The number of carbonyl (C=O) groups is 1. The van der Waals surface area contributed by atoms with Gasteiger partial charge in [-0.05, 0) is 37.1 Å². The molecule has 0 aromatic heterocycles. The molecular formula is C22H18N4O5. The maximum atomic E-state index is 13.2. The number of non-ortho nitro benzene ring substituents is 1. The summed E-state index contributed by atoms with van der Waals surface area (Å²) < 4.78 is 7.63. The first-order chi connectivity index (χ1) is 14.8. The number of ether oxygens (including phenoxy) is 1. The van der Waals surface area contributed by atoms with E-state index in [0.29, 0.717) is 11.4 Å². The van der Waals surface area contributed by atoms with Crippen molar-refractivity contribution in [1.82, 2.24) is 14.3 Å². The van der Waals surface area contributed by atoms with E-state index in [9.17, 15) is 19.7 Å². The molecule has 0 saturated heterocycles. The Morgan fingerprint density at radius 3 is 2.58 bits per heavy atom. The predicted octanol–water partition coefficient (Wildman–Crippen LogP) is 3.44. The summed E-state index contributed by atoms with van der Waals surface area (Å²) >= 11 is 0. The molecule has 0 aliphatic carbocycles. The van der Waals surface area contributed by atoms with E-state index in [1.54, 1.807) is 19.1 Å². The number of rotatable bonds is 4. The molecule has 2 aliphatic heterocycles. The van der Waals surface area contributed by atoms with E-state index >= 15 is 0 Å². The Labute approximate surface area is 176 Å². The number of fused-ring (bicyclic) bond motifs is 1. The molecule has 0 unspecified atom stereocenters. The molecule has 0 amide bonds. The van der Waals surface area contributed by atoms with Gasteiger partial charge in [-0.1, -0.05) is 18.2 Å². The number of hydrogen-bond donors (Lipinski definition) is 0. The smallest absolute Gasteiger partial charge is 0.341 e. The van der Waals surface area contributed by atoms with Crippen LogP contribution in [0.25, 0.3) is 22.6 Å². The number of carbonyl (C=O) groups excluding carboxylic acids is 1. The molecule has 2 aromatic rings. The number of aromatic nitrogens is 3. The van der Waals surface area contributed by atoms with Crippen molar-refractivity contribution in [3.8, 4) is 22.6 Å². The van der Waals surface area contributed by atoms with E-state index in [4.69, 9.17) is 4.74 Å². The molecule has 9 nitrogen and oxygen atoms in total. The maximum absolute atomic E-state index is 13.2. The third kappa shape index (κ3) is 3.46. The van der Waals surface area contributed by atoms with E-state index in [1.165, 1.54) is 40.9 Å². The Morgan fingerprint density at radius 1 is 1.13 bits per heavy atom. The monoisotopic (exact) mass is 418 g/mol. The maximum Gasteiger partial charge on any atom is 0.341 e. The van der Waals surface area contributed by atoms with E-state index in [1.807, 2.05) is 25.1 Å². The lowest BCUT2D eigenvalue weighted by Gasteiger charge is -2.13. The summed E-state index contributed by atoms with van der Waals surface area (Å²) in [4.78, 5) is 36.4. The van der Waals surface area contributed by atoms with Crippen molar-refractivity contribution in [1.29, 1.82) is 0 Å². The molecule has 2 heterocycles. The van der Waals surface area contributed by atoms with Gasteiger partial charge in [0.2, 0.25) is 0 Å². The minimum Gasteiger partial charge on any atom is -0.465 e. The second-order valence-electron chi connectivity index (χ2n) is 7.12. The Morgan fingerprint density at radius 2 is 1.90 bits per heavy atom. The fraction of sp³-hybridized carbons (Fsp3) is 0.136. The number of esters is 1. The fourth-order valence-corrected chi connectivity index (χ4v) is 3.43. The van der Waals surface area contributed by atoms with Crippen molar-refractivity contribution in [3.63, 3.8) is 0 Å². The van der Waals surface area contributed by atoms with Crippen LogP contribution in [0.15, 0.2) is 59.7 Å². The largest absolute Gasteiger partial charge is 0.465 e. The highest BCUT2D eigenvalue weighted by Crippen LogP contribution is 2.27. The number of benzene rings is 2. The third-order valence-corrected chi connectivity index (χ3v) is 5.00. The molecule has 0 radical (unpaired) electrons. The van der Waals surface area contributed by atoms with E-state index in [0.717, 1.165) is 11.1 Å². The van der Waals surface area contributed by atoms with Crippen LogP contribution in [-0.2, 0) is 4.74 Å².